The van der Waals surface area contributed by atoms with Crippen LogP contribution in [0.3, 0.4) is 0 Å². The van der Waals surface area contributed by atoms with E-state index in [1.807, 2.05) is 6.07 Å². The lowest BCUT2D eigenvalue weighted by Crippen LogP contribution is -2.14. The molecule has 0 aliphatic rings. The van der Waals surface area contributed by atoms with Gasteiger partial charge in [-0.3, -0.25) is 14.9 Å². The maximum Gasteiger partial charge on any atom is 0.293 e. The Morgan fingerprint density at radius 3 is 2.57 bits per heavy atom. The van der Waals surface area contributed by atoms with Gasteiger partial charge >= 0.3 is 0 Å². The monoisotopic (exact) mass is 349 g/mol. The van der Waals surface area contributed by atoms with Crippen molar-refractivity contribution in [2.75, 3.05) is 17.7 Å². The lowest BCUT2D eigenvalue weighted by molar-refractivity contribution is -0.384. The number of nitrogens with zero attached hydrogens (tertiary/aromatic N) is 1. The zero-order valence-corrected chi connectivity index (χ0v) is 12.7. The van der Waals surface area contributed by atoms with Crippen molar-refractivity contribution in [3.05, 3.63) is 62.6 Å². The van der Waals surface area contributed by atoms with E-state index in [0.29, 0.717) is 5.69 Å². The molecule has 0 atom stereocenters. The number of anilines is 2. The number of rotatable bonds is 4. The number of amides is 1. The topological polar surface area (TPSA) is 84.3 Å². The summed E-state index contributed by atoms with van der Waals surface area (Å²) < 4.78 is 0.827. The summed E-state index contributed by atoms with van der Waals surface area (Å²) in [6.45, 7) is 0. The van der Waals surface area contributed by atoms with Crippen LogP contribution in [0.1, 0.15) is 10.4 Å². The SMILES string of the molecule is CNc1c(C(=O)Nc2cccc(Br)c2)cccc1[N+](=O)[O-]. The van der Waals surface area contributed by atoms with Gasteiger partial charge in [-0.2, -0.15) is 0 Å². The lowest BCUT2D eigenvalue weighted by atomic mass is 10.1. The van der Waals surface area contributed by atoms with Gasteiger partial charge in [-0.1, -0.05) is 28.1 Å². The molecule has 0 fully saturated rings. The van der Waals surface area contributed by atoms with E-state index in [2.05, 4.69) is 26.6 Å². The fraction of sp³-hybridized carbons (Fsp3) is 0.0714. The average Bonchev–Trinajstić information content (AvgIpc) is 2.46. The third kappa shape index (κ3) is 3.38. The first kappa shape index (κ1) is 15.0. The second kappa shape index (κ2) is 6.36. The molecule has 6 nitrogen and oxygen atoms in total. The summed E-state index contributed by atoms with van der Waals surface area (Å²) in [6.07, 6.45) is 0. The van der Waals surface area contributed by atoms with Gasteiger partial charge in [-0.05, 0) is 24.3 Å². The molecule has 2 N–H and O–H groups in total. The summed E-state index contributed by atoms with van der Waals surface area (Å²) >= 11 is 3.31. The van der Waals surface area contributed by atoms with E-state index in [1.54, 1.807) is 18.2 Å². The highest BCUT2D eigenvalue weighted by Crippen LogP contribution is 2.28. The molecule has 0 aliphatic carbocycles. The van der Waals surface area contributed by atoms with Crippen LogP contribution in [0.5, 0.6) is 0 Å². The van der Waals surface area contributed by atoms with Crippen molar-refractivity contribution in [3.63, 3.8) is 0 Å². The Morgan fingerprint density at radius 1 is 1.24 bits per heavy atom. The van der Waals surface area contributed by atoms with Crippen molar-refractivity contribution < 1.29 is 9.72 Å². The summed E-state index contributed by atoms with van der Waals surface area (Å²) in [5.41, 5.74) is 0.865. The van der Waals surface area contributed by atoms with Gasteiger partial charge in [0.25, 0.3) is 11.6 Å². The minimum absolute atomic E-state index is 0.139. The third-order valence-electron chi connectivity index (χ3n) is 2.82. The third-order valence-corrected chi connectivity index (χ3v) is 3.31. The van der Waals surface area contributed by atoms with Gasteiger partial charge < -0.3 is 10.6 Å². The Labute approximate surface area is 129 Å². The van der Waals surface area contributed by atoms with E-state index in [-0.39, 0.29) is 16.9 Å². The number of nitrogens with one attached hydrogen (secondary N) is 2. The van der Waals surface area contributed by atoms with Crippen LogP contribution in [-0.4, -0.2) is 17.9 Å². The molecule has 21 heavy (non-hydrogen) atoms. The molecule has 0 unspecified atom stereocenters. The molecule has 0 saturated carbocycles. The van der Waals surface area contributed by atoms with Gasteiger partial charge in [0.1, 0.15) is 5.69 Å². The summed E-state index contributed by atoms with van der Waals surface area (Å²) in [5, 5.41) is 16.4. The molecule has 2 aromatic carbocycles. The molecule has 0 saturated heterocycles. The van der Waals surface area contributed by atoms with E-state index in [1.165, 1.54) is 25.2 Å². The zero-order chi connectivity index (χ0) is 15.4. The van der Waals surface area contributed by atoms with Gasteiger partial charge in [-0.25, -0.2) is 0 Å². The Bertz CT molecular complexity index is 704. The van der Waals surface area contributed by atoms with Crippen molar-refractivity contribution in [2.45, 2.75) is 0 Å². The van der Waals surface area contributed by atoms with E-state index >= 15 is 0 Å². The number of para-hydroxylation sites is 1. The summed E-state index contributed by atoms with van der Waals surface area (Å²) in [4.78, 5) is 22.8. The molecule has 2 rings (SSSR count). The minimum atomic E-state index is -0.526. The molecule has 0 spiro atoms. The lowest BCUT2D eigenvalue weighted by Gasteiger charge is -2.10. The second-order valence-corrected chi connectivity index (χ2v) is 5.09. The van der Waals surface area contributed by atoms with Crippen molar-refractivity contribution in [2.24, 2.45) is 0 Å². The Morgan fingerprint density at radius 2 is 1.95 bits per heavy atom. The fourth-order valence-corrected chi connectivity index (χ4v) is 2.31. The number of hydrogen-bond acceptors (Lipinski definition) is 4. The van der Waals surface area contributed by atoms with E-state index in [9.17, 15) is 14.9 Å². The van der Waals surface area contributed by atoms with Gasteiger partial charge in [0.05, 0.1) is 10.5 Å². The van der Waals surface area contributed by atoms with E-state index in [4.69, 9.17) is 0 Å². The van der Waals surface area contributed by atoms with Gasteiger partial charge in [0.15, 0.2) is 0 Å². The number of carbonyl (C=O) groups is 1. The molecule has 108 valence electrons. The predicted molar refractivity (Wildman–Crippen MR) is 84.7 cm³/mol. The molecular formula is C14H12BrN3O3. The number of nitro benzene ring substituents is 1. The van der Waals surface area contributed by atoms with Crippen molar-refractivity contribution in [1.82, 2.24) is 0 Å². The molecular weight excluding hydrogens is 338 g/mol. The Balaban J connectivity index is 2.35. The fourth-order valence-electron chi connectivity index (χ4n) is 1.91. The van der Waals surface area contributed by atoms with Crippen LogP contribution >= 0.6 is 15.9 Å². The number of benzene rings is 2. The predicted octanol–water partition coefficient (Wildman–Crippen LogP) is 3.65. The highest BCUT2D eigenvalue weighted by Gasteiger charge is 2.20. The van der Waals surface area contributed by atoms with Crippen LogP contribution in [0.4, 0.5) is 17.1 Å². The van der Waals surface area contributed by atoms with Gasteiger partial charge in [0.2, 0.25) is 0 Å². The van der Waals surface area contributed by atoms with Crippen LogP contribution in [-0.2, 0) is 0 Å². The second-order valence-electron chi connectivity index (χ2n) is 4.17. The highest BCUT2D eigenvalue weighted by atomic mass is 79.9. The maximum atomic E-state index is 12.3. The molecule has 0 bridgehead atoms. The van der Waals surface area contributed by atoms with Crippen molar-refractivity contribution in [1.29, 1.82) is 0 Å². The number of carbonyl (C=O) groups excluding carboxylic acids is 1. The van der Waals surface area contributed by atoms with Crippen LogP contribution in [0.25, 0.3) is 0 Å². The number of hydrogen-bond donors (Lipinski definition) is 2. The standard InChI is InChI=1S/C14H12BrN3O3/c1-16-13-11(6-3-7-12(13)18(20)21)14(19)17-10-5-2-4-9(15)8-10/h2-8,16H,1H3,(H,17,19). The summed E-state index contributed by atoms with van der Waals surface area (Å²) in [6, 6.07) is 11.5. The first-order valence-electron chi connectivity index (χ1n) is 6.05. The van der Waals surface area contributed by atoms with Crippen molar-refractivity contribution >= 4 is 38.9 Å². The minimum Gasteiger partial charge on any atom is -0.382 e. The molecule has 0 heterocycles. The Kier molecular flexibility index (Phi) is 4.54. The summed E-state index contributed by atoms with van der Waals surface area (Å²) in [5.74, 6) is -0.416. The maximum absolute atomic E-state index is 12.3. The summed E-state index contributed by atoms with van der Waals surface area (Å²) in [7, 11) is 1.54. The van der Waals surface area contributed by atoms with E-state index in [0.717, 1.165) is 4.47 Å². The molecule has 0 aromatic heterocycles. The normalized spacial score (nSPS) is 10.0. The molecule has 7 heteroatoms. The number of nitro groups is 1. The Hall–Kier alpha value is -2.41. The van der Waals surface area contributed by atoms with Crippen LogP contribution in [0.2, 0.25) is 0 Å². The molecule has 0 radical (unpaired) electrons. The van der Waals surface area contributed by atoms with Crippen LogP contribution in [0, 0.1) is 10.1 Å². The smallest absolute Gasteiger partial charge is 0.293 e. The quantitative estimate of drug-likeness (QED) is 0.651. The highest BCUT2D eigenvalue weighted by molar-refractivity contribution is 9.10. The van der Waals surface area contributed by atoms with Crippen LogP contribution in [0.15, 0.2) is 46.9 Å². The largest absolute Gasteiger partial charge is 0.382 e. The molecule has 0 aliphatic heterocycles. The molecule has 2 aromatic rings. The molecule has 1 amide bonds. The number of halogens is 1. The van der Waals surface area contributed by atoms with E-state index < -0.39 is 10.8 Å². The van der Waals surface area contributed by atoms with Gasteiger partial charge in [-0.15, -0.1) is 0 Å². The van der Waals surface area contributed by atoms with Gasteiger partial charge in [0, 0.05) is 23.3 Å². The van der Waals surface area contributed by atoms with Crippen LogP contribution < -0.4 is 10.6 Å². The average molecular weight is 350 g/mol. The van der Waals surface area contributed by atoms with Crippen molar-refractivity contribution in [3.8, 4) is 0 Å². The first-order chi connectivity index (χ1) is 10.0. The zero-order valence-electron chi connectivity index (χ0n) is 11.1. The first-order valence-corrected chi connectivity index (χ1v) is 6.84.